The molecule has 1 aromatic carbocycles. The zero-order valence-corrected chi connectivity index (χ0v) is 10.9. The molecule has 0 aromatic heterocycles. The standard InChI is InChI=1S/C13H17NO2S/c1-10(2)17(15,16)14-13-8-7-11-5-3-4-6-12(11)9-13/h3,5,7-10,14H,4,6H2,1-2H3. The van der Waals surface area contributed by atoms with Crippen molar-refractivity contribution in [2.24, 2.45) is 0 Å². The second-order valence-electron chi connectivity index (χ2n) is 4.55. The van der Waals surface area contributed by atoms with Gasteiger partial charge in [-0.1, -0.05) is 18.2 Å². The second-order valence-corrected chi connectivity index (χ2v) is 6.79. The van der Waals surface area contributed by atoms with Crippen LogP contribution in [0, 0.1) is 0 Å². The number of fused-ring (bicyclic) bond motifs is 1. The van der Waals surface area contributed by atoms with Crippen molar-refractivity contribution in [3.05, 3.63) is 35.4 Å². The Morgan fingerprint density at radius 3 is 2.76 bits per heavy atom. The van der Waals surface area contributed by atoms with Crippen LogP contribution in [0.2, 0.25) is 0 Å². The molecule has 0 saturated carbocycles. The summed E-state index contributed by atoms with van der Waals surface area (Å²) in [4.78, 5) is 0. The second kappa shape index (κ2) is 4.53. The molecule has 17 heavy (non-hydrogen) atoms. The number of allylic oxidation sites excluding steroid dienone is 1. The van der Waals surface area contributed by atoms with Crippen molar-refractivity contribution in [1.29, 1.82) is 0 Å². The Bertz CT molecular complexity index is 545. The average Bonchev–Trinajstić information content (AvgIpc) is 2.28. The van der Waals surface area contributed by atoms with Gasteiger partial charge in [0.2, 0.25) is 10.0 Å². The van der Waals surface area contributed by atoms with Gasteiger partial charge in [-0.25, -0.2) is 8.42 Å². The van der Waals surface area contributed by atoms with Crippen LogP contribution in [0.4, 0.5) is 5.69 Å². The lowest BCUT2D eigenvalue weighted by molar-refractivity contribution is 0.593. The quantitative estimate of drug-likeness (QED) is 0.898. The van der Waals surface area contributed by atoms with Gasteiger partial charge in [-0.05, 0) is 49.9 Å². The molecule has 92 valence electrons. The highest BCUT2D eigenvalue weighted by molar-refractivity contribution is 7.93. The lowest BCUT2D eigenvalue weighted by Gasteiger charge is -2.14. The summed E-state index contributed by atoms with van der Waals surface area (Å²) < 4.78 is 26.1. The van der Waals surface area contributed by atoms with Crippen molar-refractivity contribution in [3.8, 4) is 0 Å². The zero-order valence-electron chi connectivity index (χ0n) is 10.1. The van der Waals surface area contributed by atoms with Crippen molar-refractivity contribution in [3.63, 3.8) is 0 Å². The first kappa shape index (κ1) is 12.2. The van der Waals surface area contributed by atoms with Gasteiger partial charge < -0.3 is 0 Å². The number of aryl methyl sites for hydroxylation is 1. The van der Waals surface area contributed by atoms with Crippen LogP contribution in [0.15, 0.2) is 24.3 Å². The van der Waals surface area contributed by atoms with Crippen molar-refractivity contribution in [2.75, 3.05) is 4.72 Å². The summed E-state index contributed by atoms with van der Waals surface area (Å²) in [6.07, 6.45) is 6.22. The molecule has 2 rings (SSSR count). The molecule has 0 unspecified atom stereocenters. The molecule has 0 amide bonds. The summed E-state index contributed by atoms with van der Waals surface area (Å²) in [7, 11) is -3.25. The molecule has 0 spiro atoms. The van der Waals surface area contributed by atoms with Gasteiger partial charge in [-0.3, -0.25) is 4.72 Å². The van der Waals surface area contributed by atoms with Crippen molar-refractivity contribution in [2.45, 2.75) is 31.9 Å². The van der Waals surface area contributed by atoms with E-state index in [9.17, 15) is 8.42 Å². The Labute approximate surface area is 103 Å². The summed E-state index contributed by atoms with van der Waals surface area (Å²) in [5, 5.41) is -0.418. The van der Waals surface area contributed by atoms with E-state index >= 15 is 0 Å². The van der Waals surface area contributed by atoms with Crippen LogP contribution in [-0.2, 0) is 16.4 Å². The van der Waals surface area contributed by atoms with E-state index in [-0.39, 0.29) is 0 Å². The fraction of sp³-hybridized carbons (Fsp3) is 0.385. The minimum atomic E-state index is -3.25. The number of sulfonamides is 1. The molecule has 0 radical (unpaired) electrons. The molecule has 1 aliphatic rings. The SMILES string of the molecule is CC(C)S(=O)(=O)Nc1ccc2c(c1)CCC=C2. The third-order valence-electron chi connectivity index (χ3n) is 2.90. The minimum Gasteiger partial charge on any atom is -0.283 e. The number of nitrogens with one attached hydrogen (secondary N) is 1. The minimum absolute atomic E-state index is 0.418. The van der Waals surface area contributed by atoms with E-state index in [2.05, 4.69) is 16.9 Å². The molecule has 0 atom stereocenters. The molecule has 0 fully saturated rings. The zero-order chi connectivity index (χ0) is 12.5. The fourth-order valence-corrected chi connectivity index (χ4v) is 2.47. The van der Waals surface area contributed by atoms with Crippen LogP contribution < -0.4 is 4.72 Å². The van der Waals surface area contributed by atoms with Crippen LogP contribution in [0.1, 0.15) is 31.4 Å². The van der Waals surface area contributed by atoms with Gasteiger partial charge in [0.15, 0.2) is 0 Å². The highest BCUT2D eigenvalue weighted by atomic mass is 32.2. The number of hydrogen-bond acceptors (Lipinski definition) is 2. The maximum atomic E-state index is 11.7. The monoisotopic (exact) mass is 251 g/mol. The third kappa shape index (κ3) is 2.69. The molecular weight excluding hydrogens is 234 g/mol. The van der Waals surface area contributed by atoms with Crippen molar-refractivity contribution >= 4 is 21.8 Å². The number of anilines is 1. The number of hydrogen-bond donors (Lipinski definition) is 1. The van der Waals surface area contributed by atoms with E-state index in [1.54, 1.807) is 13.8 Å². The Kier molecular flexibility index (Phi) is 3.24. The smallest absolute Gasteiger partial charge is 0.235 e. The van der Waals surface area contributed by atoms with Crippen LogP contribution in [0.25, 0.3) is 6.08 Å². The highest BCUT2D eigenvalue weighted by Gasteiger charge is 2.16. The molecule has 0 bridgehead atoms. The van der Waals surface area contributed by atoms with Gasteiger partial charge in [-0.15, -0.1) is 0 Å². The molecule has 1 aromatic rings. The predicted molar refractivity (Wildman–Crippen MR) is 71.5 cm³/mol. The van der Waals surface area contributed by atoms with Crippen LogP contribution in [-0.4, -0.2) is 13.7 Å². The highest BCUT2D eigenvalue weighted by Crippen LogP contribution is 2.23. The van der Waals surface area contributed by atoms with Gasteiger partial charge in [0.25, 0.3) is 0 Å². The summed E-state index contributed by atoms with van der Waals surface area (Å²) in [5.41, 5.74) is 3.05. The van der Waals surface area contributed by atoms with Crippen molar-refractivity contribution in [1.82, 2.24) is 0 Å². The molecule has 1 N–H and O–H groups in total. The van der Waals surface area contributed by atoms with E-state index in [4.69, 9.17) is 0 Å². The summed E-state index contributed by atoms with van der Waals surface area (Å²) in [5.74, 6) is 0. The molecule has 4 heteroatoms. The lowest BCUT2D eigenvalue weighted by Crippen LogP contribution is -2.22. The van der Waals surface area contributed by atoms with Gasteiger partial charge in [-0.2, -0.15) is 0 Å². The van der Waals surface area contributed by atoms with E-state index in [0.717, 1.165) is 12.8 Å². The Hall–Kier alpha value is -1.29. The number of rotatable bonds is 3. The van der Waals surface area contributed by atoms with E-state index < -0.39 is 15.3 Å². The first-order valence-electron chi connectivity index (χ1n) is 5.80. The van der Waals surface area contributed by atoms with Crippen LogP contribution in [0.5, 0.6) is 0 Å². The van der Waals surface area contributed by atoms with Crippen molar-refractivity contribution < 1.29 is 8.42 Å². The summed E-state index contributed by atoms with van der Waals surface area (Å²) >= 11 is 0. The fourth-order valence-electron chi connectivity index (χ4n) is 1.78. The summed E-state index contributed by atoms with van der Waals surface area (Å²) in [6.45, 7) is 3.34. The molecule has 1 aliphatic carbocycles. The van der Waals surface area contributed by atoms with Gasteiger partial charge in [0.1, 0.15) is 0 Å². The first-order chi connectivity index (χ1) is 7.99. The number of benzene rings is 1. The molecule has 0 saturated heterocycles. The maximum Gasteiger partial charge on any atom is 0.235 e. The summed E-state index contributed by atoms with van der Waals surface area (Å²) in [6, 6.07) is 5.70. The van der Waals surface area contributed by atoms with Gasteiger partial charge >= 0.3 is 0 Å². The van der Waals surface area contributed by atoms with Gasteiger partial charge in [0, 0.05) is 5.69 Å². The van der Waals surface area contributed by atoms with Crippen LogP contribution in [0.3, 0.4) is 0 Å². The third-order valence-corrected chi connectivity index (χ3v) is 4.66. The van der Waals surface area contributed by atoms with E-state index in [1.165, 1.54) is 11.1 Å². The van der Waals surface area contributed by atoms with Crippen LogP contribution >= 0.6 is 0 Å². The molecule has 0 heterocycles. The average molecular weight is 251 g/mol. The van der Waals surface area contributed by atoms with Gasteiger partial charge in [0.05, 0.1) is 5.25 Å². The lowest BCUT2D eigenvalue weighted by atomic mass is 9.97. The molecule has 0 aliphatic heterocycles. The first-order valence-corrected chi connectivity index (χ1v) is 7.35. The Morgan fingerprint density at radius 1 is 1.29 bits per heavy atom. The molecular formula is C13H17NO2S. The Balaban J connectivity index is 2.27. The largest absolute Gasteiger partial charge is 0.283 e. The van der Waals surface area contributed by atoms with E-state index in [1.807, 2.05) is 18.2 Å². The normalized spacial score (nSPS) is 14.8. The molecule has 3 nitrogen and oxygen atoms in total. The predicted octanol–water partition coefficient (Wildman–Crippen LogP) is 2.80. The maximum absolute atomic E-state index is 11.7. The van der Waals surface area contributed by atoms with E-state index in [0.29, 0.717) is 5.69 Å². The topological polar surface area (TPSA) is 46.2 Å². The Morgan fingerprint density at radius 2 is 2.06 bits per heavy atom.